The Balaban J connectivity index is 1.90. The predicted molar refractivity (Wildman–Crippen MR) is 173 cm³/mol. The zero-order valence-electron chi connectivity index (χ0n) is 25.3. The first-order valence-electron chi connectivity index (χ1n) is 14.6. The number of imide groups is 1. The highest BCUT2D eigenvalue weighted by Gasteiger charge is 2.40. The van der Waals surface area contributed by atoms with E-state index in [-0.39, 0.29) is 25.4 Å². The SMILES string of the molecule is N=C(N)c1ccc(CNC(=O)[C@H](CCCCN)N(C(=O)OCc2ccccc2)C(=O)[C@@H](CO)NS(=O)(=O)Cc2ccccc2)cc1. The van der Waals surface area contributed by atoms with Gasteiger partial charge in [-0.1, -0.05) is 84.9 Å². The fourth-order valence-electron chi connectivity index (χ4n) is 4.51. The third-order valence-corrected chi connectivity index (χ3v) is 8.28. The molecule has 0 aromatic heterocycles. The van der Waals surface area contributed by atoms with Crippen LogP contribution in [0.1, 0.15) is 41.5 Å². The van der Waals surface area contributed by atoms with Gasteiger partial charge in [-0.05, 0) is 42.5 Å². The van der Waals surface area contributed by atoms with E-state index in [1.807, 2.05) is 0 Å². The Kier molecular flexibility index (Phi) is 13.8. The van der Waals surface area contributed by atoms with Crippen LogP contribution in [0.2, 0.25) is 0 Å². The molecule has 246 valence electrons. The number of amides is 3. The van der Waals surface area contributed by atoms with Gasteiger partial charge in [0.1, 0.15) is 24.5 Å². The third-order valence-electron chi connectivity index (χ3n) is 6.92. The lowest BCUT2D eigenvalue weighted by atomic mass is 10.1. The van der Waals surface area contributed by atoms with E-state index in [1.54, 1.807) is 84.9 Å². The summed E-state index contributed by atoms with van der Waals surface area (Å²) in [5.41, 5.74) is 13.4. The number of amidine groups is 1. The van der Waals surface area contributed by atoms with Gasteiger partial charge in [-0.25, -0.2) is 22.8 Å². The number of nitrogen functional groups attached to an aromatic ring is 1. The fourth-order valence-corrected chi connectivity index (χ4v) is 5.84. The summed E-state index contributed by atoms with van der Waals surface area (Å²) in [4.78, 5) is 41.7. The second-order valence-electron chi connectivity index (χ2n) is 10.5. The van der Waals surface area contributed by atoms with Crippen molar-refractivity contribution in [3.05, 3.63) is 107 Å². The second-order valence-corrected chi connectivity index (χ2v) is 12.2. The van der Waals surface area contributed by atoms with Crippen molar-refractivity contribution in [2.24, 2.45) is 11.5 Å². The first-order chi connectivity index (χ1) is 22.0. The average molecular weight is 653 g/mol. The minimum Gasteiger partial charge on any atom is -0.444 e. The summed E-state index contributed by atoms with van der Waals surface area (Å²) in [5.74, 6) is -2.47. The van der Waals surface area contributed by atoms with Crippen LogP contribution in [-0.2, 0) is 43.3 Å². The monoisotopic (exact) mass is 652 g/mol. The number of sulfonamides is 1. The molecule has 0 aliphatic heterocycles. The Bertz CT molecular complexity index is 1550. The molecule has 0 unspecified atom stereocenters. The van der Waals surface area contributed by atoms with Crippen LogP contribution in [0, 0.1) is 5.41 Å². The summed E-state index contributed by atoms with van der Waals surface area (Å²) >= 11 is 0. The van der Waals surface area contributed by atoms with Crippen LogP contribution in [-0.4, -0.2) is 67.4 Å². The van der Waals surface area contributed by atoms with E-state index in [0.717, 1.165) is 0 Å². The number of carbonyl (C=O) groups excluding carboxylic acids is 3. The number of rotatable bonds is 17. The van der Waals surface area contributed by atoms with Gasteiger partial charge in [0.15, 0.2) is 0 Å². The Morgan fingerprint density at radius 3 is 2.07 bits per heavy atom. The van der Waals surface area contributed by atoms with Gasteiger partial charge in [0.05, 0.1) is 12.4 Å². The number of nitrogens with zero attached hydrogens (tertiary/aromatic N) is 1. The normalized spacial score (nSPS) is 12.5. The first kappa shape index (κ1) is 35.8. The number of unbranched alkanes of at least 4 members (excludes halogenated alkanes) is 1. The van der Waals surface area contributed by atoms with Crippen molar-refractivity contribution < 1.29 is 32.6 Å². The van der Waals surface area contributed by atoms with Crippen LogP contribution in [0.5, 0.6) is 0 Å². The summed E-state index contributed by atoms with van der Waals surface area (Å²) in [6, 6.07) is 20.2. The van der Waals surface area contributed by atoms with Gasteiger partial charge in [0.2, 0.25) is 15.9 Å². The number of ether oxygens (including phenoxy) is 1. The maximum absolute atomic E-state index is 13.9. The van der Waals surface area contributed by atoms with Gasteiger partial charge in [0.25, 0.3) is 5.91 Å². The van der Waals surface area contributed by atoms with E-state index in [0.29, 0.717) is 46.5 Å². The van der Waals surface area contributed by atoms with E-state index in [9.17, 15) is 27.9 Å². The van der Waals surface area contributed by atoms with Crippen LogP contribution in [0.15, 0.2) is 84.9 Å². The number of nitrogens with one attached hydrogen (secondary N) is 3. The number of benzene rings is 3. The van der Waals surface area contributed by atoms with Crippen molar-refractivity contribution in [3.63, 3.8) is 0 Å². The fraction of sp³-hybridized carbons (Fsp3) is 0.312. The van der Waals surface area contributed by atoms with E-state index < -0.39 is 52.4 Å². The molecule has 46 heavy (non-hydrogen) atoms. The minimum absolute atomic E-state index is 0.00655. The van der Waals surface area contributed by atoms with Crippen molar-refractivity contribution in [2.45, 2.75) is 50.3 Å². The van der Waals surface area contributed by atoms with E-state index in [4.69, 9.17) is 21.6 Å². The Labute approximate surface area is 268 Å². The zero-order valence-corrected chi connectivity index (χ0v) is 26.1. The number of aliphatic hydroxyl groups excluding tert-OH is 1. The number of aliphatic hydroxyl groups is 1. The molecule has 0 radical (unpaired) electrons. The summed E-state index contributed by atoms with van der Waals surface area (Å²) in [5, 5.41) is 20.4. The molecule has 13 nitrogen and oxygen atoms in total. The van der Waals surface area contributed by atoms with Gasteiger partial charge in [-0.15, -0.1) is 0 Å². The van der Waals surface area contributed by atoms with Crippen LogP contribution < -0.4 is 21.5 Å². The molecular formula is C32H40N6O7S. The predicted octanol–water partition coefficient (Wildman–Crippen LogP) is 1.73. The van der Waals surface area contributed by atoms with Crippen molar-refractivity contribution >= 4 is 33.8 Å². The van der Waals surface area contributed by atoms with Gasteiger partial charge in [0, 0.05) is 12.1 Å². The van der Waals surface area contributed by atoms with Crippen molar-refractivity contribution in [1.29, 1.82) is 5.41 Å². The molecule has 0 bridgehead atoms. The Hall–Kier alpha value is -4.63. The molecule has 0 aliphatic rings. The van der Waals surface area contributed by atoms with Crippen molar-refractivity contribution in [2.75, 3.05) is 13.2 Å². The molecule has 0 spiro atoms. The quantitative estimate of drug-likeness (QED) is 0.0710. The lowest BCUT2D eigenvalue weighted by Crippen LogP contribution is -2.59. The topological polar surface area (TPSA) is 218 Å². The molecule has 2 atom stereocenters. The maximum Gasteiger partial charge on any atom is 0.417 e. The first-order valence-corrected chi connectivity index (χ1v) is 16.3. The zero-order chi connectivity index (χ0) is 33.5. The highest BCUT2D eigenvalue weighted by Crippen LogP contribution is 2.16. The number of carbonyl (C=O) groups is 3. The Morgan fingerprint density at radius 2 is 1.50 bits per heavy atom. The molecule has 0 saturated heterocycles. The van der Waals surface area contributed by atoms with Crippen molar-refractivity contribution in [3.8, 4) is 0 Å². The number of hydrogen-bond acceptors (Lipinski definition) is 9. The number of hydrogen-bond donors (Lipinski definition) is 6. The molecule has 3 rings (SSSR count). The lowest BCUT2D eigenvalue weighted by molar-refractivity contribution is -0.141. The maximum atomic E-state index is 13.9. The molecule has 14 heteroatoms. The standard InChI is InChI=1S/C32H40N6O7S/c33-18-8-7-13-28(30(40)36-19-23-14-16-26(17-15-23)29(34)35)38(32(42)45-21-24-9-3-1-4-10-24)31(41)27(20-39)37-46(43,44)22-25-11-5-2-6-12-25/h1-6,9-12,14-17,27-28,37,39H,7-8,13,18-22,33H2,(H3,34,35)(H,36,40)/t27-,28+/m1/s1. The molecular weight excluding hydrogens is 612 g/mol. The molecule has 0 aliphatic carbocycles. The largest absolute Gasteiger partial charge is 0.444 e. The van der Waals surface area contributed by atoms with E-state index >= 15 is 0 Å². The van der Waals surface area contributed by atoms with Crippen LogP contribution in [0.25, 0.3) is 0 Å². The summed E-state index contributed by atoms with van der Waals surface area (Å²) in [7, 11) is -4.18. The lowest BCUT2D eigenvalue weighted by Gasteiger charge is -2.31. The molecule has 0 fully saturated rings. The highest BCUT2D eigenvalue weighted by molar-refractivity contribution is 7.88. The summed E-state index contributed by atoms with van der Waals surface area (Å²) in [6.45, 7) is -0.915. The average Bonchev–Trinajstić information content (AvgIpc) is 3.05. The van der Waals surface area contributed by atoms with Gasteiger partial charge in [-0.2, -0.15) is 0 Å². The number of nitrogens with two attached hydrogens (primary N) is 2. The molecule has 0 saturated carbocycles. The molecule has 3 amide bonds. The van der Waals surface area contributed by atoms with Gasteiger partial charge < -0.3 is 26.6 Å². The second kappa shape index (κ2) is 17.8. The van der Waals surface area contributed by atoms with E-state index in [2.05, 4.69) is 10.0 Å². The smallest absolute Gasteiger partial charge is 0.417 e. The minimum atomic E-state index is -4.18. The molecule has 3 aromatic rings. The van der Waals surface area contributed by atoms with E-state index in [1.165, 1.54) is 0 Å². The summed E-state index contributed by atoms with van der Waals surface area (Å²) < 4.78 is 33.6. The molecule has 8 N–H and O–H groups in total. The Morgan fingerprint density at radius 1 is 0.891 bits per heavy atom. The third kappa shape index (κ3) is 11.1. The summed E-state index contributed by atoms with van der Waals surface area (Å²) in [6.07, 6.45) is -0.368. The van der Waals surface area contributed by atoms with Gasteiger partial charge in [-0.3, -0.25) is 15.0 Å². The van der Waals surface area contributed by atoms with Crippen molar-refractivity contribution in [1.82, 2.24) is 14.9 Å². The van der Waals surface area contributed by atoms with Crippen LogP contribution in [0.4, 0.5) is 4.79 Å². The van der Waals surface area contributed by atoms with Gasteiger partial charge >= 0.3 is 6.09 Å². The molecule has 3 aromatic carbocycles. The highest BCUT2D eigenvalue weighted by atomic mass is 32.2. The van der Waals surface area contributed by atoms with Crippen LogP contribution in [0.3, 0.4) is 0 Å². The molecule has 0 heterocycles. The van der Waals surface area contributed by atoms with Crippen LogP contribution >= 0.6 is 0 Å².